The molecule has 4 heteroatoms. The van der Waals surface area contributed by atoms with E-state index < -0.39 is 0 Å². The van der Waals surface area contributed by atoms with Crippen LogP contribution in [0.15, 0.2) is 22.7 Å². The smallest absolute Gasteiger partial charge is 0.141 e. The first-order chi connectivity index (χ1) is 7.95. The van der Waals surface area contributed by atoms with Gasteiger partial charge in [0.15, 0.2) is 0 Å². The van der Waals surface area contributed by atoms with E-state index in [1.807, 2.05) is 26.0 Å². The molecule has 1 unspecified atom stereocenters. The second kappa shape index (κ2) is 6.53. The molecule has 0 saturated carbocycles. The quantitative estimate of drug-likeness (QED) is 0.903. The van der Waals surface area contributed by atoms with Crippen LogP contribution in [-0.4, -0.2) is 12.3 Å². The minimum atomic E-state index is -0.0882. The minimum absolute atomic E-state index is 0.0882. The molecule has 0 aliphatic carbocycles. The average molecular weight is 319 g/mol. The van der Waals surface area contributed by atoms with Crippen molar-refractivity contribution in [1.29, 1.82) is 0 Å². The van der Waals surface area contributed by atoms with Gasteiger partial charge in [0.2, 0.25) is 0 Å². The summed E-state index contributed by atoms with van der Waals surface area (Å²) >= 11 is 9.43. The fourth-order valence-electron chi connectivity index (χ4n) is 1.76. The largest absolute Gasteiger partial charge is 0.330 e. The number of carbonyl (C=O) groups is 1. The summed E-state index contributed by atoms with van der Waals surface area (Å²) in [5.41, 5.74) is 6.49. The summed E-state index contributed by atoms with van der Waals surface area (Å²) in [6.45, 7) is 4.42. The predicted octanol–water partition coefficient (Wildman–Crippen LogP) is 3.45. The summed E-state index contributed by atoms with van der Waals surface area (Å²) in [5, 5.41) is 0.618. The molecule has 1 atom stereocenters. The fourth-order valence-corrected chi connectivity index (χ4v) is 2.50. The lowest BCUT2D eigenvalue weighted by Crippen LogP contribution is -2.29. The standard InChI is InChI=1S/C13H17BrClNO/c1-8(2)11(7-16)13(17)5-9-3-4-10(14)6-12(9)15/h3-4,6,8,11H,5,7,16H2,1-2H3. The van der Waals surface area contributed by atoms with Crippen LogP contribution in [0, 0.1) is 11.8 Å². The summed E-state index contributed by atoms with van der Waals surface area (Å²) in [7, 11) is 0. The number of carbonyl (C=O) groups excluding carboxylic acids is 1. The topological polar surface area (TPSA) is 43.1 Å². The summed E-state index contributed by atoms with van der Waals surface area (Å²) in [6.07, 6.45) is 0.353. The maximum Gasteiger partial charge on any atom is 0.141 e. The third-order valence-corrected chi connectivity index (χ3v) is 3.70. The minimum Gasteiger partial charge on any atom is -0.330 e. The van der Waals surface area contributed by atoms with Crippen molar-refractivity contribution in [3.8, 4) is 0 Å². The van der Waals surface area contributed by atoms with E-state index in [4.69, 9.17) is 17.3 Å². The number of Topliss-reactive ketones (excluding diaryl/α,β-unsaturated/α-hetero) is 1. The van der Waals surface area contributed by atoms with E-state index in [-0.39, 0.29) is 17.6 Å². The molecule has 0 aromatic heterocycles. The zero-order valence-electron chi connectivity index (χ0n) is 10.0. The maximum absolute atomic E-state index is 12.1. The van der Waals surface area contributed by atoms with Gasteiger partial charge in [0.1, 0.15) is 5.78 Å². The Morgan fingerprint density at radius 1 is 1.47 bits per heavy atom. The Labute approximate surface area is 116 Å². The van der Waals surface area contributed by atoms with E-state index in [0.717, 1.165) is 10.0 Å². The first-order valence-corrected chi connectivity index (χ1v) is 6.79. The number of nitrogens with two attached hydrogens (primary N) is 1. The van der Waals surface area contributed by atoms with E-state index in [1.54, 1.807) is 6.07 Å². The number of hydrogen-bond acceptors (Lipinski definition) is 2. The molecular formula is C13H17BrClNO. The van der Waals surface area contributed by atoms with Crippen LogP contribution < -0.4 is 5.73 Å². The lowest BCUT2D eigenvalue weighted by atomic mass is 9.88. The zero-order chi connectivity index (χ0) is 13.0. The Hall–Kier alpha value is -0.380. The van der Waals surface area contributed by atoms with Crippen LogP contribution in [0.5, 0.6) is 0 Å². The monoisotopic (exact) mass is 317 g/mol. The van der Waals surface area contributed by atoms with Gasteiger partial charge in [0, 0.05) is 28.4 Å². The average Bonchev–Trinajstić information content (AvgIpc) is 2.22. The van der Waals surface area contributed by atoms with Crippen molar-refractivity contribution in [3.05, 3.63) is 33.3 Å². The fraction of sp³-hybridized carbons (Fsp3) is 0.462. The lowest BCUT2D eigenvalue weighted by Gasteiger charge is -2.17. The van der Waals surface area contributed by atoms with E-state index in [0.29, 0.717) is 18.0 Å². The molecule has 1 aromatic carbocycles. The van der Waals surface area contributed by atoms with Gasteiger partial charge in [-0.05, 0) is 23.6 Å². The maximum atomic E-state index is 12.1. The Morgan fingerprint density at radius 2 is 2.12 bits per heavy atom. The van der Waals surface area contributed by atoms with Gasteiger partial charge in [-0.25, -0.2) is 0 Å². The number of hydrogen-bond donors (Lipinski definition) is 1. The second-order valence-corrected chi connectivity index (χ2v) is 5.79. The molecule has 2 nitrogen and oxygen atoms in total. The summed E-state index contributed by atoms with van der Waals surface area (Å²) in [4.78, 5) is 12.1. The molecule has 0 aliphatic rings. The molecule has 1 rings (SSSR count). The molecule has 0 spiro atoms. The second-order valence-electron chi connectivity index (χ2n) is 4.47. The Balaban J connectivity index is 2.80. The van der Waals surface area contributed by atoms with E-state index in [9.17, 15) is 4.79 Å². The molecule has 94 valence electrons. The molecule has 0 heterocycles. The van der Waals surface area contributed by atoms with Crippen LogP contribution in [0.2, 0.25) is 5.02 Å². The van der Waals surface area contributed by atoms with Crippen LogP contribution in [0.3, 0.4) is 0 Å². The van der Waals surface area contributed by atoms with Crippen molar-refractivity contribution in [2.75, 3.05) is 6.54 Å². The Morgan fingerprint density at radius 3 is 2.59 bits per heavy atom. The number of rotatable bonds is 5. The van der Waals surface area contributed by atoms with Gasteiger partial charge < -0.3 is 5.73 Å². The van der Waals surface area contributed by atoms with Gasteiger partial charge in [0.05, 0.1) is 0 Å². The molecule has 0 fully saturated rings. The summed E-state index contributed by atoms with van der Waals surface area (Å²) in [5.74, 6) is 0.336. The van der Waals surface area contributed by atoms with Crippen molar-refractivity contribution in [2.45, 2.75) is 20.3 Å². The highest BCUT2D eigenvalue weighted by Gasteiger charge is 2.21. The highest BCUT2D eigenvalue weighted by Crippen LogP contribution is 2.23. The number of ketones is 1. The zero-order valence-corrected chi connectivity index (χ0v) is 12.4. The molecule has 2 N–H and O–H groups in total. The van der Waals surface area contributed by atoms with Gasteiger partial charge in [-0.2, -0.15) is 0 Å². The molecule has 0 radical (unpaired) electrons. The van der Waals surface area contributed by atoms with Crippen molar-refractivity contribution in [1.82, 2.24) is 0 Å². The molecular weight excluding hydrogens is 302 g/mol. The van der Waals surface area contributed by atoms with Gasteiger partial charge in [-0.15, -0.1) is 0 Å². The van der Waals surface area contributed by atoms with Gasteiger partial charge in [0.25, 0.3) is 0 Å². The van der Waals surface area contributed by atoms with Crippen LogP contribution in [0.25, 0.3) is 0 Å². The van der Waals surface area contributed by atoms with Gasteiger partial charge >= 0.3 is 0 Å². The van der Waals surface area contributed by atoms with Crippen molar-refractivity contribution < 1.29 is 4.79 Å². The van der Waals surface area contributed by atoms with Crippen LogP contribution in [-0.2, 0) is 11.2 Å². The number of benzene rings is 1. The lowest BCUT2D eigenvalue weighted by molar-refractivity contribution is -0.123. The molecule has 17 heavy (non-hydrogen) atoms. The Bertz CT molecular complexity index is 406. The third-order valence-electron chi connectivity index (χ3n) is 2.85. The SMILES string of the molecule is CC(C)C(CN)C(=O)Cc1ccc(Br)cc1Cl. The third kappa shape index (κ3) is 4.09. The van der Waals surface area contributed by atoms with Crippen LogP contribution in [0.4, 0.5) is 0 Å². The van der Waals surface area contributed by atoms with Crippen molar-refractivity contribution in [2.24, 2.45) is 17.6 Å². The summed E-state index contributed by atoms with van der Waals surface area (Å²) in [6, 6.07) is 5.57. The normalized spacial score (nSPS) is 12.8. The first-order valence-electron chi connectivity index (χ1n) is 5.62. The first kappa shape index (κ1) is 14.7. The van der Waals surface area contributed by atoms with E-state index >= 15 is 0 Å². The Kier molecular flexibility index (Phi) is 5.63. The molecule has 0 aliphatic heterocycles. The number of halogens is 2. The highest BCUT2D eigenvalue weighted by molar-refractivity contribution is 9.10. The molecule has 0 amide bonds. The van der Waals surface area contributed by atoms with Crippen molar-refractivity contribution in [3.63, 3.8) is 0 Å². The van der Waals surface area contributed by atoms with Crippen LogP contribution >= 0.6 is 27.5 Å². The summed E-state index contributed by atoms with van der Waals surface area (Å²) < 4.78 is 0.915. The van der Waals surface area contributed by atoms with Crippen molar-refractivity contribution >= 4 is 33.3 Å². The van der Waals surface area contributed by atoms with E-state index in [1.165, 1.54) is 0 Å². The van der Waals surface area contributed by atoms with Gasteiger partial charge in [-0.1, -0.05) is 47.4 Å². The van der Waals surface area contributed by atoms with Crippen LogP contribution in [0.1, 0.15) is 19.4 Å². The van der Waals surface area contributed by atoms with E-state index in [2.05, 4.69) is 15.9 Å². The molecule has 0 bridgehead atoms. The van der Waals surface area contributed by atoms with Gasteiger partial charge in [-0.3, -0.25) is 4.79 Å². The highest BCUT2D eigenvalue weighted by atomic mass is 79.9. The predicted molar refractivity (Wildman–Crippen MR) is 75.2 cm³/mol. The molecule has 1 aromatic rings. The molecule has 0 saturated heterocycles.